The van der Waals surface area contributed by atoms with E-state index >= 15 is 0 Å². The highest BCUT2D eigenvalue weighted by Gasteiger charge is 2.21. The zero-order chi connectivity index (χ0) is 18.1. The van der Waals surface area contributed by atoms with Crippen LogP contribution in [0.5, 0.6) is 0 Å². The average molecular weight is 366 g/mol. The first-order valence-electron chi connectivity index (χ1n) is 8.79. The molecule has 0 saturated carbocycles. The molecule has 0 aliphatic heterocycles. The minimum absolute atomic E-state index is 0.0611. The molecule has 0 fully saturated rings. The third-order valence-electron chi connectivity index (χ3n) is 4.63. The van der Waals surface area contributed by atoms with Crippen LogP contribution in [-0.2, 0) is 19.4 Å². The van der Waals surface area contributed by atoms with Crippen LogP contribution < -0.4 is 5.32 Å². The number of amides is 1. The minimum Gasteiger partial charge on any atom is -0.319 e. The first-order valence-corrected chi connectivity index (χ1v) is 9.61. The largest absolute Gasteiger partial charge is 0.319 e. The molecule has 2 aromatic heterocycles. The fraction of sp³-hybridized carbons (Fsp3) is 0.300. The van der Waals surface area contributed by atoms with Crippen molar-refractivity contribution < 1.29 is 4.79 Å². The molecule has 0 radical (unpaired) electrons. The number of benzene rings is 1. The van der Waals surface area contributed by atoms with Gasteiger partial charge in [0, 0.05) is 17.6 Å². The lowest BCUT2D eigenvalue weighted by Crippen LogP contribution is -2.18. The lowest BCUT2D eigenvalue weighted by molar-refractivity contribution is 0.103. The molecule has 0 unspecified atom stereocenters. The van der Waals surface area contributed by atoms with Crippen LogP contribution in [0.4, 0.5) is 5.69 Å². The SMILES string of the molecule is CN(C)CCn1cc(NC(=O)c2cc3c(s2)-c2ccccc2CC3)cn1. The molecular formula is C20H22N4OS. The van der Waals surface area contributed by atoms with Gasteiger partial charge in [-0.15, -0.1) is 11.3 Å². The molecule has 1 aliphatic carbocycles. The molecule has 0 saturated heterocycles. The van der Waals surface area contributed by atoms with Gasteiger partial charge in [0.25, 0.3) is 5.91 Å². The summed E-state index contributed by atoms with van der Waals surface area (Å²) in [6.07, 6.45) is 5.62. The van der Waals surface area contributed by atoms with E-state index in [1.54, 1.807) is 17.5 Å². The van der Waals surface area contributed by atoms with Crippen molar-refractivity contribution in [1.82, 2.24) is 14.7 Å². The smallest absolute Gasteiger partial charge is 0.265 e. The van der Waals surface area contributed by atoms with Gasteiger partial charge in [-0.25, -0.2) is 0 Å². The summed E-state index contributed by atoms with van der Waals surface area (Å²) in [4.78, 5) is 16.8. The number of anilines is 1. The van der Waals surface area contributed by atoms with Crippen LogP contribution in [0.3, 0.4) is 0 Å². The summed E-state index contributed by atoms with van der Waals surface area (Å²) in [7, 11) is 4.06. The van der Waals surface area contributed by atoms with E-state index in [1.807, 2.05) is 31.0 Å². The zero-order valence-electron chi connectivity index (χ0n) is 15.0. The molecule has 6 heteroatoms. The maximum Gasteiger partial charge on any atom is 0.265 e. The second-order valence-electron chi connectivity index (χ2n) is 6.87. The van der Waals surface area contributed by atoms with Crippen molar-refractivity contribution in [2.24, 2.45) is 0 Å². The van der Waals surface area contributed by atoms with Crippen LogP contribution in [0.1, 0.15) is 20.8 Å². The summed E-state index contributed by atoms with van der Waals surface area (Å²) in [5.74, 6) is -0.0611. The van der Waals surface area contributed by atoms with Crippen LogP contribution in [0.15, 0.2) is 42.7 Å². The van der Waals surface area contributed by atoms with Crippen molar-refractivity contribution in [2.75, 3.05) is 26.0 Å². The molecule has 1 aliphatic rings. The van der Waals surface area contributed by atoms with Gasteiger partial charge in [-0.1, -0.05) is 24.3 Å². The predicted molar refractivity (Wildman–Crippen MR) is 106 cm³/mol. The Morgan fingerprint density at radius 3 is 2.92 bits per heavy atom. The van der Waals surface area contributed by atoms with Gasteiger partial charge in [-0.2, -0.15) is 5.10 Å². The Morgan fingerprint density at radius 1 is 1.27 bits per heavy atom. The quantitative estimate of drug-likeness (QED) is 0.752. The number of aromatic nitrogens is 2. The Bertz CT molecular complexity index is 941. The first kappa shape index (κ1) is 17.0. The maximum absolute atomic E-state index is 12.7. The topological polar surface area (TPSA) is 50.2 Å². The summed E-state index contributed by atoms with van der Waals surface area (Å²) in [5, 5.41) is 7.28. The molecule has 134 valence electrons. The van der Waals surface area contributed by atoms with Crippen LogP contribution in [-0.4, -0.2) is 41.2 Å². The van der Waals surface area contributed by atoms with E-state index < -0.39 is 0 Å². The Kier molecular flexibility index (Phi) is 4.61. The summed E-state index contributed by atoms with van der Waals surface area (Å²) in [6.45, 7) is 1.71. The molecular weight excluding hydrogens is 344 g/mol. The van der Waals surface area contributed by atoms with Gasteiger partial charge in [0.2, 0.25) is 0 Å². The van der Waals surface area contributed by atoms with E-state index in [9.17, 15) is 4.79 Å². The molecule has 4 rings (SSSR count). The second kappa shape index (κ2) is 7.05. The number of likely N-dealkylation sites (N-methyl/N-ethyl adjacent to an activating group) is 1. The molecule has 2 heterocycles. The highest BCUT2D eigenvalue weighted by molar-refractivity contribution is 7.17. The van der Waals surface area contributed by atoms with Crippen molar-refractivity contribution in [2.45, 2.75) is 19.4 Å². The van der Waals surface area contributed by atoms with E-state index in [1.165, 1.54) is 21.6 Å². The highest BCUT2D eigenvalue weighted by atomic mass is 32.1. The lowest BCUT2D eigenvalue weighted by atomic mass is 9.91. The molecule has 26 heavy (non-hydrogen) atoms. The number of hydrogen-bond donors (Lipinski definition) is 1. The molecule has 1 aromatic carbocycles. The highest BCUT2D eigenvalue weighted by Crippen LogP contribution is 2.39. The average Bonchev–Trinajstić information content (AvgIpc) is 3.26. The number of nitrogens with one attached hydrogen (secondary N) is 1. The van der Waals surface area contributed by atoms with E-state index in [0.717, 1.165) is 36.5 Å². The normalized spacial score (nSPS) is 12.7. The van der Waals surface area contributed by atoms with Crippen LogP contribution in [0.2, 0.25) is 0 Å². The Morgan fingerprint density at radius 2 is 2.08 bits per heavy atom. The Labute approximate surface area is 157 Å². The van der Waals surface area contributed by atoms with Gasteiger partial charge in [0.1, 0.15) is 0 Å². The second-order valence-corrected chi connectivity index (χ2v) is 7.92. The van der Waals surface area contributed by atoms with Gasteiger partial charge in [0.05, 0.1) is 23.3 Å². The van der Waals surface area contributed by atoms with Gasteiger partial charge < -0.3 is 10.2 Å². The summed E-state index contributed by atoms with van der Waals surface area (Å²) in [5.41, 5.74) is 4.66. The first-order chi connectivity index (χ1) is 12.6. The number of thiophene rings is 1. The lowest BCUT2D eigenvalue weighted by Gasteiger charge is -2.15. The van der Waals surface area contributed by atoms with E-state index in [0.29, 0.717) is 0 Å². The predicted octanol–water partition coefficient (Wildman–Crippen LogP) is 3.52. The zero-order valence-corrected chi connectivity index (χ0v) is 15.8. The fourth-order valence-electron chi connectivity index (χ4n) is 3.23. The van der Waals surface area contributed by atoms with Crippen LogP contribution in [0, 0.1) is 0 Å². The number of rotatable bonds is 5. The van der Waals surface area contributed by atoms with Crippen molar-refractivity contribution >= 4 is 22.9 Å². The molecule has 0 atom stereocenters. The monoisotopic (exact) mass is 366 g/mol. The van der Waals surface area contributed by atoms with Crippen LogP contribution >= 0.6 is 11.3 Å². The molecule has 1 N–H and O–H groups in total. The Balaban J connectivity index is 1.49. The summed E-state index contributed by atoms with van der Waals surface area (Å²) >= 11 is 1.58. The van der Waals surface area contributed by atoms with Crippen molar-refractivity contribution in [1.29, 1.82) is 0 Å². The number of aryl methyl sites for hydroxylation is 2. The van der Waals surface area contributed by atoms with Crippen molar-refractivity contribution in [3.63, 3.8) is 0 Å². The van der Waals surface area contributed by atoms with Crippen molar-refractivity contribution in [3.8, 4) is 10.4 Å². The van der Waals surface area contributed by atoms with Gasteiger partial charge in [-0.3, -0.25) is 9.48 Å². The molecule has 0 spiro atoms. The van der Waals surface area contributed by atoms with Gasteiger partial charge >= 0.3 is 0 Å². The number of nitrogens with zero attached hydrogens (tertiary/aromatic N) is 3. The maximum atomic E-state index is 12.7. The number of hydrogen-bond acceptors (Lipinski definition) is 4. The molecule has 1 amide bonds. The third kappa shape index (κ3) is 3.43. The van der Waals surface area contributed by atoms with Gasteiger partial charge in [-0.05, 0) is 49.7 Å². The van der Waals surface area contributed by atoms with Gasteiger partial charge in [0.15, 0.2) is 0 Å². The molecule has 3 aromatic rings. The third-order valence-corrected chi connectivity index (χ3v) is 5.84. The van der Waals surface area contributed by atoms with E-state index in [-0.39, 0.29) is 5.91 Å². The summed E-state index contributed by atoms with van der Waals surface area (Å²) < 4.78 is 1.85. The van der Waals surface area contributed by atoms with E-state index in [4.69, 9.17) is 0 Å². The summed E-state index contributed by atoms with van der Waals surface area (Å²) in [6, 6.07) is 10.5. The number of carbonyl (C=O) groups is 1. The minimum atomic E-state index is -0.0611. The van der Waals surface area contributed by atoms with Crippen LogP contribution in [0.25, 0.3) is 10.4 Å². The molecule has 5 nitrogen and oxygen atoms in total. The fourth-order valence-corrected chi connectivity index (χ4v) is 4.40. The van der Waals surface area contributed by atoms with E-state index in [2.05, 4.69) is 39.6 Å². The Hall–Kier alpha value is -2.44. The molecule has 0 bridgehead atoms. The standard InChI is InChI=1S/C20H22N4OS/c1-23(2)9-10-24-13-16(12-21-24)22-20(25)18-11-15-8-7-14-5-3-4-6-17(14)19(15)26-18/h3-6,11-13H,7-10H2,1-2H3,(H,22,25). The van der Waals surface area contributed by atoms with Crippen molar-refractivity contribution in [3.05, 3.63) is 58.7 Å². The number of fused-ring (bicyclic) bond motifs is 3. The number of carbonyl (C=O) groups excluding carboxylic acids is 1.